The highest BCUT2D eigenvalue weighted by Gasteiger charge is 2.54. The van der Waals surface area contributed by atoms with Crippen molar-refractivity contribution in [3.05, 3.63) is 35.4 Å². The monoisotopic (exact) mass is 372 g/mol. The molecule has 1 saturated carbocycles. The highest BCUT2D eigenvalue weighted by atomic mass is 16.5. The van der Waals surface area contributed by atoms with Crippen molar-refractivity contribution in [3.63, 3.8) is 0 Å². The van der Waals surface area contributed by atoms with E-state index in [0.29, 0.717) is 25.3 Å². The second kappa shape index (κ2) is 8.87. The molecule has 5 heteroatoms. The standard InChI is InChI=1S/C22H32N2O3/c1-3-4-14-23-20(25)19-17-10-6-7-11-18(17)21(26)24(15-16-27-2)22(19)12-8-5-9-13-22/h6-7,10-11,19H,3-5,8-9,12-16H2,1-2H3,(H,23,25)/t19-/m0/s1. The Morgan fingerprint density at radius 3 is 2.70 bits per heavy atom. The van der Waals surface area contributed by atoms with Crippen LogP contribution < -0.4 is 5.32 Å². The van der Waals surface area contributed by atoms with Gasteiger partial charge in [-0.25, -0.2) is 0 Å². The van der Waals surface area contributed by atoms with Crippen LogP contribution in [0, 0.1) is 0 Å². The maximum atomic E-state index is 13.4. The van der Waals surface area contributed by atoms with Crippen molar-refractivity contribution in [3.8, 4) is 0 Å². The van der Waals surface area contributed by atoms with E-state index in [4.69, 9.17) is 4.74 Å². The molecule has 1 aromatic carbocycles. The van der Waals surface area contributed by atoms with Crippen LogP contribution in [-0.4, -0.2) is 49.1 Å². The zero-order valence-electron chi connectivity index (χ0n) is 16.6. The van der Waals surface area contributed by atoms with Gasteiger partial charge in [0.2, 0.25) is 5.91 Å². The maximum absolute atomic E-state index is 13.4. The number of fused-ring (bicyclic) bond motifs is 1. The first-order valence-corrected chi connectivity index (χ1v) is 10.3. The van der Waals surface area contributed by atoms with Gasteiger partial charge in [0, 0.05) is 25.8 Å². The Morgan fingerprint density at radius 1 is 1.26 bits per heavy atom. The number of hydrogen-bond acceptors (Lipinski definition) is 3. The van der Waals surface area contributed by atoms with Crippen LogP contribution in [0.4, 0.5) is 0 Å². The van der Waals surface area contributed by atoms with Crippen molar-refractivity contribution in [2.75, 3.05) is 26.8 Å². The minimum Gasteiger partial charge on any atom is -0.383 e. The van der Waals surface area contributed by atoms with E-state index in [2.05, 4.69) is 12.2 Å². The van der Waals surface area contributed by atoms with E-state index >= 15 is 0 Å². The zero-order chi connectivity index (χ0) is 19.3. The fourth-order valence-electron chi connectivity index (χ4n) is 4.84. The summed E-state index contributed by atoms with van der Waals surface area (Å²) in [5.41, 5.74) is 1.13. The van der Waals surface area contributed by atoms with Gasteiger partial charge in [-0.1, -0.05) is 50.8 Å². The third-order valence-electron chi connectivity index (χ3n) is 6.15. The summed E-state index contributed by atoms with van der Waals surface area (Å²) in [6.07, 6.45) is 7.05. The number of nitrogens with zero attached hydrogens (tertiary/aromatic N) is 1. The lowest BCUT2D eigenvalue weighted by Crippen LogP contribution is -2.63. The number of amides is 2. The zero-order valence-corrected chi connectivity index (χ0v) is 16.6. The van der Waals surface area contributed by atoms with Crippen molar-refractivity contribution < 1.29 is 14.3 Å². The second-order valence-corrected chi connectivity index (χ2v) is 7.78. The molecule has 0 radical (unpaired) electrons. The largest absolute Gasteiger partial charge is 0.383 e. The number of carbonyl (C=O) groups excluding carboxylic acids is 2. The molecule has 0 unspecified atom stereocenters. The number of benzene rings is 1. The molecule has 1 aliphatic carbocycles. The topological polar surface area (TPSA) is 58.6 Å². The molecule has 1 spiro atoms. The predicted octanol–water partition coefficient (Wildman–Crippen LogP) is 3.49. The number of unbranched alkanes of at least 4 members (excludes halogenated alkanes) is 1. The van der Waals surface area contributed by atoms with Crippen molar-refractivity contribution >= 4 is 11.8 Å². The first-order chi connectivity index (χ1) is 13.2. The van der Waals surface area contributed by atoms with Gasteiger partial charge in [-0.3, -0.25) is 9.59 Å². The number of ether oxygens (including phenoxy) is 1. The van der Waals surface area contributed by atoms with E-state index in [1.54, 1.807) is 7.11 Å². The highest BCUT2D eigenvalue weighted by molar-refractivity contribution is 6.02. The summed E-state index contributed by atoms with van der Waals surface area (Å²) in [4.78, 5) is 28.7. The van der Waals surface area contributed by atoms with E-state index in [1.165, 1.54) is 6.42 Å². The fraction of sp³-hybridized carbons (Fsp3) is 0.636. The molecule has 0 bridgehead atoms. The summed E-state index contributed by atoms with van der Waals surface area (Å²) >= 11 is 0. The Bertz CT molecular complexity index is 667. The molecular formula is C22H32N2O3. The summed E-state index contributed by atoms with van der Waals surface area (Å²) in [5, 5.41) is 3.15. The third-order valence-corrected chi connectivity index (χ3v) is 6.15. The predicted molar refractivity (Wildman–Crippen MR) is 106 cm³/mol. The van der Waals surface area contributed by atoms with Crippen LogP contribution in [0.3, 0.4) is 0 Å². The summed E-state index contributed by atoms with van der Waals surface area (Å²) in [7, 11) is 1.66. The average molecular weight is 373 g/mol. The van der Waals surface area contributed by atoms with Gasteiger partial charge in [-0.15, -0.1) is 0 Å². The van der Waals surface area contributed by atoms with Crippen LogP contribution in [0.15, 0.2) is 24.3 Å². The van der Waals surface area contributed by atoms with Gasteiger partial charge in [0.05, 0.1) is 18.1 Å². The molecule has 1 aliphatic heterocycles. The molecule has 1 heterocycles. The maximum Gasteiger partial charge on any atom is 0.254 e. The van der Waals surface area contributed by atoms with Gasteiger partial charge < -0.3 is 15.0 Å². The van der Waals surface area contributed by atoms with Gasteiger partial charge in [0.15, 0.2) is 0 Å². The van der Waals surface area contributed by atoms with Gasteiger partial charge in [0.1, 0.15) is 0 Å². The number of carbonyl (C=O) groups is 2. The quantitative estimate of drug-likeness (QED) is 0.746. The van der Waals surface area contributed by atoms with Crippen LogP contribution >= 0.6 is 0 Å². The lowest BCUT2D eigenvalue weighted by Gasteiger charge is -2.53. The number of hydrogen-bond donors (Lipinski definition) is 1. The average Bonchev–Trinajstić information content (AvgIpc) is 2.69. The smallest absolute Gasteiger partial charge is 0.254 e. The molecule has 0 aromatic heterocycles. The molecular weight excluding hydrogens is 340 g/mol. The van der Waals surface area contributed by atoms with Crippen molar-refractivity contribution in [2.45, 2.75) is 63.3 Å². The molecule has 2 aliphatic rings. The third kappa shape index (κ3) is 3.75. The Kier molecular flexibility index (Phi) is 6.53. The minimum atomic E-state index is -0.432. The molecule has 1 fully saturated rings. The van der Waals surface area contributed by atoms with Gasteiger partial charge in [0.25, 0.3) is 5.91 Å². The van der Waals surface area contributed by atoms with E-state index in [9.17, 15) is 9.59 Å². The van der Waals surface area contributed by atoms with Crippen molar-refractivity contribution in [1.29, 1.82) is 0 Å². The summed E-state index contributed by atoms with van der Waals surface area (Å²) in [6.45, 7) is 3.83. The van der Waals surface area contributed by atoms with Crippen molar-refractivity contribution in [2.24, 2.45) is 0 Å². The summed E-state index contributed by atoms with van der Waals surface area (Å²) in [6, 6.07) is 7.66. The number of rotatable bonds is 7. The Morgan fingerprint density at radius 2 is 2.00 bits per heavy atom. The normalized spacial score (nSPS) is 21.2. The van der Waals surface area contributed by atoms with E-state index in [-0.39, 0.29) is 17.7 Å². The minimum absolute atomic E-state index is 0.0437. The summed E-state index contributed by atoms with van der Waals surface area (Å²) in [5.74, 6) is -0.199. The molecule has 1 N–H and O–H groups in total. The first-order valence-electron chi connectivity index (χ1n) is 10.3. The van der Waals surface area contributed by atoms with Crippen molar-refractivity contribution in [1.82, 2.24) is 10.2 Å². The molecule has 1 atom stereocenters. The second-order valence-electron chi connectivity index (χ2n) is 7.78. The Labute approximate surface area is 162 Å². The van der Waals surface area contributed by atoms with Crippen LogP contribution in [-0.2, 0) is 9.53 Å². The SMILES string of the molecule is CCCCNC(=O)[C@@H]1c2ccccc2C(=O)N(CCOC)C12CCCCC2. The van der Waals surface area contributed by atoms with E-state index < -0.39 is 5.54 Å². The number of nitrogens with one attached hydrogen (secondary N) is 1. The molecule has 2 amide bonds. The molecule has 27 heavy (non-hydrogen) atoms. The Hall–Kier alpha value is -1.88. The van der Waals surface area contributed by atoms with Gasteiger partial charge >= 0.3 is 0 Å². The van der Waals surface area contributed by atoms with Crippen LogP contribution in [0.25, 0.3) is 0 Å². The molecule has 3 rings (SSSR count). The van der Waals surface area contributed by atoms with Gasteiger partial charge in [-0.05, 0) is 30.9 Å². The van der Waals surface area contributed by atoms with E-state index in [1.807, 2.05) is 29.2 Å². The van der Waals surface area contributed by atoms with Crippen LogP contribution in [0.5, 0.6) is 0 Å². The van der Waals surface area contributed by atoms with Crippen LogP contribution in [0.2, 0.25) is 0 Å². The molecule has 148 valence electrons. The van der Waals surface area contributed by atoms with E-state index in [0.717, 1.165) is 44.1 Å². The lowest BCUT2D eigenvalue weighted by molar-refractivity contribution is -0.127. The fourth-order valence-corrected chi connectivity index (χ4v) is 4.84. The first kappa shape index (κ1) is 19.9. The van der Waals surface area contributed by atoms with Gasteiger partial charge in [-0.2, -0.15) is 0 Å². The lowest BCUT2D eigenvalue weighted by atomic mass is 9.65. The number of methoxy groups -OCH3 is 1. The Balaban J connectivity index is 2.05. The molecule has 5 nitrogen and oxygen atoms in total. The molecule has 1 aromatic rings. The highest BCUT2D eigenvalue weighted by Crippen LogP contribution is 2.49. The summed E-state index contributed by atoms with van der Waals surface area (Å²) < 4.78 is 5.30. The molecule has 0 saturated heterocycles. The van der Waals surface area contributed by atoms with Crippen LogP contribution in [0.1, 0.15) is 73.7 Å².